The van der Waals surface area contributed by atoms with E-state index in [1.165, 1.54) is 24.1 Å². The molecule has 2 unspecified atom stereocenters. The second-order valence-corrected chi connectivity index (χ2v) is 8.84. The van der Waals surface area contributed by atoms with E-state index in [1.807, 2.05) is 16.2 Å². The summed E-state index contributed by atoms with van der Waals surface area (Å²) in [5.41, 5.74) is 0. The zero-order chi connectivity index (χ0) is 19.8. The van der Waals surface area contributed by atoms with Gasteiger partial charge in [0.25, 0.3) is 0 Å². The molecule has 6 nitrogen and oxygen atoms in total. The summed E-state index contributed by atoms with van der Waals surface area (Å²) in [6.07, 6.45) is 5.91. The molecular formula is C21H36IN5OS. The highest BCUT2D eigenvalue weighted by Gasteiger charge is 2.31. The van der Waals surface area contributed by atoms with Crippen LogP contribution < -0.4 is 10.6 Å². The lowest BCUT2D eigenvalue weighted by Crippen LogP contribution is -2.45. The number of rotatable bonds is 6. The number of hydrogen-bond acceptors (Lipinski definition) is 4. The summed E-state index contributed by atoms with van der Waals surface area (Å²) in [7, 11) is 2.23. The zero-order valence-electron chi connectivity index (χ0n) is 17.7. The first-order valence-electron chi connectivity index (χ1n) is 10.7. The summed E-state index contributed by atoms with van der Waals surface area (Å²) in [4.78, 5) is 22.9. The number of guanidine groups is 1. The topological polar surface area (TPSA) is 60.0 Å². The number of hydrogen-bond donors (Lipinski definition) is 2. The minimum atomic E-state index is 0. The molecule has 164 valence electrons. The van der Waals surface area contributed by atoms with Gasteiger partial charge in [0, 0.05) is 37.1 Å². The molecule has 2 aliphatic heterocycles. The van der Waals surface area contributed by atoms with Crippen LogP contribution in [0.4, 0.5) is 0 Å². The number of aliphatic imine (C=N–C) groups is 1. The molecule has 1 aromatic heterocycles. The van der Waals surface area contributed by atoms with Gasteiger partial charge in [-0.3, -0.25) is 9.69 Å². The number of likely N-dealkylation sites (tertiary alicyclic amines) is 2. The largest absolute Gasteiger partial charge is 0.357 e. The molecule has 29 heavy (non-hydrogen) atoms. The van der Waals surface area contributed by atoms with Crippen molar-refractivity contribution in [2.45, 2.75) is 45.1 Å². The Labute approximate surface area is 196 Å². The number of piperidine rings is 2. The fraction of sp³-hybridized carbons (Fsp3) is 0.714. The average molecular weight is 534 g/mol. The van der Waals surface area contributed by atoms with Crippen LogP contribution in [0, 0.1) is 5.92 Å². The van der Waals surface area contributed by atoms with Crippen LogP contribution in [0.3, 0.4) is 0 Å². The lowest BCUT2D eigenvalue weighted by Gasteiger charge is -2.39. The second-order valence-electron chi connectivity index (χ2n) is 7.86. The number of nitrogens with one attached hydrogen (secondary N) is 2. The Morgan fingerprint density at radius 2 is 2.00 bits per heavy atom. The molecule has 2 N–H and O–H groups in total. The smallest absolute Gasteiger partial charge is 0.244 e. The maximum atomic E-state index is 12.4. The molecule has 0 radical (unpaired) electrons. The van der Waals surface area contributed by atoms with Crippen LogP contribution in [0.2, 0.25) is 0 Å². The molecule has 2 saturated heterocycles. The van der Waals surface area contributed by atoms with Gasteiger partial charge in [-0.1, -0.05) is 6.07 Å². The van der Waals surface area contributed by atoms with Crippen LogP contribution in [-0.4, -0.2) is 68.0 Å². The van der Waals surface area contributed by atoms with Gasteiger partial charge in [0.2, 0.25) is 5.91 Å². The van der Waals surface area contributed by atoms with E-state index in [0.29, 0.717) is 12.0 Å². The van der Waals surface area contributed by atoms with E-state index in [-0.39, 0.29) is 36.4 Å². The van der Waals surface area contributed by atoms with Gasteiger partial charge in [0.05, 0.1) is 0 Å². The van der Waals surface area contributed by atoms with Gasteiger partial charge >= 0.3 is 0 Å². The standard InChI is InChI=1S/C21H35N5OS.HI/c1-3-22-21(24-16-19(27)26-12-5-4-6-13-26)23-15-17-9-7-11-25(2)20(17)18-10-8-14-28-18;/h8,10,14,17,20H,3-7,9,11-13,15-16H2,1-2H3,(H2,22,23,24);1H. The number of thiophene rings is 1. The van der Waals surface area contributed by atoms with Crippen molar-refractivity contribution in [3.8, 4) is 0 Å². The maximum absolute atomic E-state index is 12.4. The van der Waals surface area contributed by atoms with E-state index in [0.717, 1.165) is 51.5 Å². The van der Waals surface area contributed by atoms with Gasteiger partial charge in [0.1, 0.15) is 6.54 Å². The van der Waals surface area contributed by atoms with Crippen molar-refractivity contribution in [3.63, 3.8) is 0 Å². The Bertz CT molecular complexity index is 633. The fourth-order valence-electron chi connectivity index (χ4n) is 4.34. The normalized spacial score (nSPS) is 23.4. The third-order valence-electron chi connectivity index (χ3n) is 5.80. The van der Waals surface area contributed by atoms with Gasteiger partial charge in [0.15, 0.2) is 5.96 Å². The predicted octanol–water partition coefficient (Wildman–Crippen LogP) is 3.32. The van der Waals surface area contributed by atoms with Crippen molar-refractivity contribution in [1.29, 1.82) is 0 Å². The minimum Gasteiger partial charge on any atom is -0.357 e. The summed E-state index contributed by atoms with van der Waals surface area (Å²) < 4.78 is 0. The van der Waals surface area contributed by atoms with Gasteiger partial charge in [-0.25, -0.2) is 4.99 Å². The van der Waals surface area contributed by atoms with Crippen molar-refractivity contribution >= 4 is 47.2 Å². The zero-order valence-corrected chi connectivity index (χ0v) is 20.9. The van der Waals surface area contributed by atoms with Crippen molar-refractivity contribution in [1.82, 2.24) is 20.4 Å². The number of nitrogens with zero attached hydrogens (tertiary/aromatic N) is 3. The van der Waals surface area contributed by atoms with E-state index in [9.17, 15) is 4.79 Å². The van der Waals surface area contributed by atoms with Crippen LogP contribution >= 0.6 is 35.3 Å². The summed E-state index contributed by atoms with van der Waals surface area (Å²) in [5.74, 6) is 1.44. The molecule has 0 bridgehead atoms. The van der Waals surface area contributed by atoms with E-state index in [1.54, 1.807) is 0 Å². The van der Waals surface area contributed by atoms with Crippen molar-refractivity contribution in [2.75, 3.05) is 46.3 Å². The Morgan fingerprint density at radius 1 is 1.21 bits per heavy atom. The van der Waals surface area contributed by atoms with Gasteiger partial charge in [-0.15, -0.1) is 35.3 Å². The van der Waals surface area contributed by atoms with Crippen molar-refractivity contribution < 1.29 is 4.79 Å². The quantitative estimate of drug-likeness (QED) is 0.335. The average Bonchev–Trinajstić information content (AvgIpc) is 3.24. The number of carbonyl (C=O) groups is 1. The van der Waals surface area contributed by atoms with E-state index < -0.39 is 0 Å². The third-order valence-corrected chi connectivity index (χ3v) is 6.74. The molecule has 0 saturated carbocycles. The minimum absolute atomic E-state index is 0. The van der Waals surface area contributed by atoms with Crippen molar-refractivity contribution in [3.05, 3.63) is 22.4 Å². The van der Waals surface area contributed by atoms with Crippen LogP contribution in [-0.2, 0) is 4.79 Å². The van der Waals surface area contributed by atoms with Crippen LogP contribution in [0.5, 0.6) is 0 Å². The third kappa shape index (κ3) is 7.10. The Kier molecular flexibility index (Phi) is 10.7. The molecule has 2 atom stereocenters. The van der Waals surface area contributed by atoms with Crippen LogP contribution in [0.15, 0.2) is 22.5 Å². The van der Waals surface area contributed by atoms with Crippen LogP contribution in [0.25, 0.3) is 0 Å². The lowest BCUT2D eigenvalue weighted by molar-refractivity contribution is -0.130. The molecule has 2 aliphatic rings. The highest BCUT2D eigenvalue weighted by atomic mass is 127. The summed E-state index contributed by atoms with van der Waals surface area (Å²) >= 11 is 1.85. The SMILES string of the molecule is CCNC(=NCC(=O)N1CCCCC1)NCC1CCCN(C)C1c1cccs1.I. The van der Waals surface area contributed by atoms with Gasteiger partial charge in [-0.05, 0) is 70.0 Å². The fourth-order valence-corrected chi connectivity index (χ4v) is 5.33. The molecule has 2 fully saturated rings. The number of halogens is 1. The van der Waals surface area contributed by atoms with Gasteiger partial charge < -0.3 is 15.5 Å². The molecule has 1 amide bonds. The van der Waals surface area contributed by atoms with E-state index in [4.69, 9.17) is 0 Å². The summed E-state index contributed by atoms with van der Waals surface area (Å²) in [6.45, 7) is 6.88. The first-order valence-corrected chi connectivity index (χ1v) is 11.6. The second kappa shape index (κ2) is 12.7. The lowest BCUT2D eigenvalue weighted by atomic mass is 9.88. The van der Waals surface area contributed by atoms with Crippen LogP contribution in [0.1, 0.15) is 49.9 Å². The summed E-state index contributed by atoms with van der Waals surface area (Å²) in [5, 5.41) is 8.97. The maximum Gasteiger partial charge on any atom is 0.244 e. The Hall–Kier alpha value is -0.870. The molecule has 0 aliphatic carbocycles. The van der Waals surface area contributed by atoms with E-state index in [2.05, 4.69) is 52.0 Å². The monoisotopic (exact) mass is 533 g/mol. The first kappa shape index (κ1) is 24.4. The number of amides is 1. The summed E-state index contributed by atoms with van der Waals surface area (Å²) in [6, 6.07) is 4.85. The molecule has 0 spiro atoms. The Morgan fingerprint density at radius 3 is 2.69 bits per heavy atom. The first-order chi connectivity index (χ1) is 13.7. The Balaban J connectivity index is 0.00000300. The molecule has 0 aromatic carbocycles. The van der Waals surface area contributed by atoms with E-state index >= 15 is 0 Å². The molecule has 3 heterocycles. The molecular weight excluding hydrogens is 497 g/mol. The number of carbonyl (C=O) groups excluding carboxylic acids is 1. The molecule has 3 rings (SSSR count). The van der Waals surface area contributed by atoms with Crippen molar-refractivity contribution in [2.24, 2.45) is 10.9 Å². The van der Waals surface area contributed by atoms with Gasteiger partial charge in [-0.2, -0.15) is 0 Å². The highest BCUT2D eigenvalue weighted by Crippen LogP contribution is 2.36. The highest BCUT2D eigenvalue weighted by molar-refractivity contribution is 14.0. The molecule has 1 aromatic rings. The predicted molar refractivity (Wildman–Crippen MR) is 132 cm³/mol. The molecule has 8 heteroatoms.